The molecule has 0 aromatic carbocycles. The van der Waals surface area contributed by atoms with E-state index in [2.05, 4.69) is 52.6 Å². The molecule has 0 bridgehead atoms. The molecule has 1 aromatic rings. The third kappa shape index (κ3) is 2.76. The molecule has 17 heavy (non-hydrogen) atoms. The maximum atomic E-state index is 6.09. The smallest absolute Gasteiger partial charge is 0.0887 e. The second-order valence-electron chi connectivity index (χ2n) is 4.65. The van der Waals surface area contributed by atoms with E-state index in [4.69, 9.17) is 16.3 Å². The number of halogens is 3. The van der Waals surface area contributed by atoms with Gasteiger partial charge in [0.05, 0.1) is 25.8 Å². The molecule has 0 radical (unpaired) electrons. The molecular formula is C12H15Br2ClOS. The fourth-order valence-electron chi connectivity index (χ4n) is 2.49. The van der Waals surface area contributed by atoms with Crippen LogP contribution in [-0.2, 0) is 4.74 Å². The average molecular weight is 403 g/mol. The summed E-state index contributed by atoms with van der Waals surface area (Å²) >= 11 is 15.1. The average Bonchev–Trinajstić information content (AvgIpc) is 2.70. The molecule has 5 atom stereocenters. The lowest BCUT2D eigenvalue weighted by Gasteiger charge is -2.23. The first-order valence-electron chi connectivity index (χ1n) is 5.66. The summed E-state index contributed by atoms with van der Waals surface area (Å²) in [5, 5.41) is 0.793. The lowest BCUT2D eigenvalue weighted by atomic mass is 9.86. The van der Waals surface area contributed by atoms with E-state index in [-0.39, 0.29) is 6.10 Å². The zero-order chi connectivity index (χ0) is 12.7. The van der Waals surface area contributed by atoms with Gasteiger partial charge in [-0.25, -0.2) is 0 Å². The quantitative estimate of drug-likeness (QED) is 0.580. The molecule has 1 fully saturated rings. The van der Waals surface area contributed by atoms with Gasteiger partial charge in [0, 0.05) is 10.8 Å². The zero-order valence-corrected chi connectivity index (χ0v) is 14.7. The summed E-state index contributed by atoms with van der Waals surface area (Å²) in [5.74, 6) is 1.04. The molecule has 96 valence electrons. The Morgan fingerprint density at radius 1 is 1.35 bits per heavy atom. The molecule has 1 nitrogen and oxygen atoms in total. The van der Waals surface area contributed by atoms with Gasteiger partial charge in [-0.05, 0) is 41.8 Å². The summed E-state index contributed by atoms with van der Waals surface area (Å²) in [6.45, 7) is 6.57. The van der Waals surface area contributed by atoms with Crippen LogP contribution in [0.4, 0.5) is 0 Å². The van der Waals surface area contributed by atoms with Crippen molar-refractivity contribution >= 4 is 54.8 Å². The summed E-state index contributed by atoms with van der Waals surface area (Å²) in [7, 11) is 0. The van der Waals surface area contributed by atoms with E-state index in [0.717, 1.165) is 8.81 Å². The van der Waals surface area contributed by atoms with Gasteiger partial charge in [-0.15, -0.1) is 11.3 Å². The molecule has 0 spiro atoms. The SMILES string of the molecule is CC1OC(C)C(C(Br)c2cc(Cl)c(Br)s2)C1C. The van der Waals surface area contributed by atoms with Gasteiger partial charge in [0.25, 0.3) is 0 Å². The lowest BCUT2D eigenvalue weighted by Crippen LogP contribution is -2.21. The van der Waals surface area contributed by atoms with E-state index in [1.165, 1.54) is 4.88 Å². The molecule has 1 aliphatic heterocycles. The minimum Gasteiger partial charge on any atom is -0.375 e. The molecule has 0 amide bonds. The predicted octanol–water partition coefficient (Wildman–Crippen LogP) is 5.66. The van der Waals surface area contributed by atoms with Crippen LogP contribution in [0.15, 0.2) is 9.85 Å². The highest BCUT2D eigenvalue weighted by Gasteiger charge is 2.41. The molecule has 5 unspecified atom stereocenters. The van der Waals surface area contributed by atoms with Crippen LogP contribution in [0.5, 0.6) is 0 Å². The van der Waals surface area contributed by atoms with Crippen LogP contribution in [0.1, 0.15) is 30.5 Å². The molecule has 2 heterocycles. The van der Waals surface area contributed by atoms with E-state index in [0.29, 0.717) is 22.8 Å². The Balaban J connectivity index is 2.22. The second-order valence-corrected chi connectivity index (χ2v) is 8.45. The van der Waals surface area contributed by atoms with Gasteiger partial charge in [0.15, 0.2) is 0 Å². The third-order valence-electron chi connectivity index (χ3n) is 3.59. The Kier molecular flexibility index (Phi) is 4.63. The Morgan fingerprint density at radius 3 is 2.41 bits per heavy atom. The molecule has 2 rings (SSSR count). The Bertz CT molecular complexity index is 390. The monoisotopic (exact) mass is 400 g/mol. The molecule has 0 aliphatic carbocycles. The molecule has 1 saturated heterocycles. The molecule has 5 heteroatoms. The number of ether oxygens (including phenoxy) is 1. The molecule has 1 aliphatic rings. The van der Waals surface area contributed by atoms with Crippen molar-refractivity contribution in [3.05, 3.63) is 19.8 Å². The van der Waals surface area contributed by atoms with Crippen molar-refractivity contribution in [2.24, 2.45) is 11.8 Å². The van der Waals surface area contributed by atoms with Crippen molar-refractivity contribution in [1.29, 1.82) is 0 Å². The highest BCUT2D eigenvalue weighted by Crippen LogP contribution is 2.48. The van der Waals surface area contributed by atoms with Gasteiger partial charge < -0.3 is 4.74 Å². The van der Waals surface area contributed by atoms with Crippen molar-refractivity contribution in [2.45, 2.75) is 37.8 Å². The third-order valence-corrected chi connectivity index (χ3v) is 7.56. The van der Waals surface area contributed by atoms with Crippen molar-refractivity contribution in [3.8, 4) is 0 Å². The minimum atomic E-state index is 0.282. The van der Waals surface area contributed by atoms with Crippen LogP contribution < -0.4 is 0 Å². The first kappa shape index (κ1) is 14.3. The summed E-state index contributed by atoms with van der Waals surface area (Å²) in [4.78, 5) is 1.58. The summed E-state index contributed by atoms with van der Waals surface area (Å²) < 4.78 is 6.90. The van der Waals surface area contributed by atoms with Crippen molar-refractivity contribution in [3.63, 3.8) is 0 Å². The molecule has 1 aromatic heterocycles. The largest absolute Gasteiger partial charge is 0.375 e. The van der Waals surface area contributed by atoms with Crippen molar-refractivity contribution < 1.29 is 4.74 Å². The maximum Gasteiger partial charge on any atom is 0.0887 e. The number of hydrogen-bond acceptors (Lipinski definition) is 2. The van der Waals surface area contributed by atoms with Crippen LogP contribution in [0, 0.1) is 11.8 Å². The second kappa shape index (κ2) is 5.49. The molecule has 0 saturated carbocycles. The van der Waals surface area contributed by atoms with Crippen molar-refractivity contribution in [2.75, 3.05) is 0 Å². The Labute approximate surface area is 128 Å². The van der Waals surface area contributed by atoms with Crippen LogP contribution in [0.2, 0.25) is 5.02 Å². The lowest BCUT2D eigenvalue weighted by molar-refractivity contribution is 0.0511. The normalized spacial score (nSPS) is 35.2. The highest BCUT2D eigenvalue weighted by atomic mass is 79.9. The first-order valence-corrected chi connectivity index (χ1v) is 8.56. The van der Waals surface area contributed by atoms with Crippen LogP contribution in [0.25, 0.3) is 0 Å². The highest BCUT2D eigenvalue weighted by molar-refractivity contribution is 9.11. The van der Waals surface area contributed by atoms with Crippen molar-refractivity contribution in [1.82, 2.24) is 0 Å². The number of hydrogen-bond donors (Lipinski definition) is 0. The standard InChI is InChI=1S/C12H15Br2ClOS/c1-5-6(2)16-7(3)10(5)11(13)9-4-8(15)12(14)17-9/h4-7,10-11H,1-3H3. The van der Waals surface area contributed by atoms with Gasteiger partial charge in [-0.2, -0.15) is 0 Å². The van der Waals surface area contributed by atoms with E-state index < -0.39 is 0 Å². The molecule has 0 N–H and O–H groups in total. The van der Waals surface area contributed by atoms with E-state index in [9.17, 15) is 0 Å². The van der Waals surface area contributed by atoms with Gasteiger partial charge in [-0.1, -0.05) is 34.5 Å². The summed E-state index contributed by atoms with van der Waals surface area (Å²) in [5.41, 5.74) is 0. The maximum absolute atomic E-state index is 6.09. The number of rotatable bonds is 2. The van der Waals surface area contributed by atoms with Crippen LogP contribution in [0.3, 0.4) is 0 Å². The minimum absolute atomic E-state index is 0.282. The van der Waals surface area contributed by atoms with Crippen LogP contribution >= 0.6 is 54.8 Å². The zero-order valence-electron chi connectivity index (χ0n) is 9.91. The first-order chi connectivity index (χ1) is 7.91. The van der Waals surface area contributed by atoms with E-state index >= 15 is 0 Å². The van der Waals surface area contributed by atoms with Gasteiger partial charge >= 0.3 is 0 Å². The number of thiophene rings is 1. The van der Waals surface area contributed by atoms with Gasteiger partial charge in [0.2, 0.25) is 0 Å². The summed E-state index contributed by atoms with van der Waals surface area (Å²) in [6.07, 6.45) is 0.609. The van der Waals surface area contributed by atoms with E-state index in [1.807, 2.05) is 6.07 Å². The van der Waals surface area contributed by atoms with Gasteiger partial charge in [0.1, 0.15) is 0 Å². The Hall–Kier alpha value is 0.910. The topological polar surface area (TPSA) is 9.23 Å². The van der Waals surface area contributed by atoms with Gasteiger partial charge in [-0.3, -0.25) is 0 Å². The van der Waals surface area contributed by atoms with E-state index in [1.54, 1.807) is 11.3 Å². The summed E-state index contributed by atoms with van der Waals surface area (Å²) in [6, 6.07) is 2.04. The fourth-order valence-corrected chi connectivity index (χ4v) is 5.59. The van der Waals surface area contributed by atoms with Crippen LogP contribution in [-0.4, -0.2) is 12.2 Å². The number of alkyl halides is 1. The molecular weight excluding hydrogens is 387 g/mol. The fraction of sp³-hybridized carbons (Fsp3) is 0.667. The predicted molar refractivity (Wildman–Crippen MR) is 81.4 cm³/mol. The Morgan fingerprint density at radius 2 is 2.00 bits per heavy atom.